The zero-order chi connectivity index (χ0) is 31.1. The van der Waals surface area contributed by atoms with Gasteiger partial charge in [-0.2, -0.15) is 18.2 Å². The van der Waals surface area contributed by atoms with Crippen molar-refractivity contribution in [2.75, 3.05) is 7.05 Å². The van der Waals surface area contributed by atoms with Crippen LogP contribution in [0, 0.1) is 6.92 Å². The lowest BCUT2D eigenvalue weighted by Crippen LogP contribution is -2.51. The van der Waals surface area contributed by atoms with Gasteiger partial charge in [0.25, 0.3) is 11.8 Å². The molecule has 2 amide bonds. The smallest absolute Gasteiger partial charge is 0.389 e. The lowest BCUT2D eigenvalue weighted by atomic mass is 9.76. The number of pyridine rings is 1. The van der Waals surface area contributed by atoms with Crippen molar-refractivity contribution in [2.45, 2.75) is 50.7 Å². The third-order valence-electron chi connectivity index (χ3n) is 7.96. The number of halogens is 3. The average molecular weight is 604 g/mol. The first-order chi connectivity index (χ1) is 21.1. The van der Waals surface area contributed by atoms with Crippen molar-refractivity contribution in [2.24, 2.45) is 0 Å². The Morgan fingerprint density at radius 1 is 1.02 bits per heavy atom. The van der Waals surface area contributed by atoms with Gasteiger partial charge in [-0.25, -0.2) is 4.98 Å². The number of carbonyl (C=O) groups is 2. The van der Waals surface area contributed by atoms with Crippen molar-refractivity contribution in [3.8, 4) is 22.5 Å². The van der Waals surface area contributed by atoms with Crippen LogP contribution in [0.3, 0.4) is 0 Å². The largest absolute Gasteiger partial charge is 0.437 e. The number of hydrogen-bond acceptors (Lipinski definition) is 7. The SMILES string of the molecule is CNC(=O)c1c(-c2ccc(C)cc2)oc2nc(CCC(F)(F)F)c(-c3cccc(C(=O)NC4(c5ncon5)CCC4)c3)cc12. The van der Waals surface area contributed by atoms with Gasteiger partial charge < -0.3 is 19.6 Å². The van der Waals surface area contributed by atoms with Crippen molar-refractivity contribution >= 4 is 22.9 Å². The van der Waals surface area contributed by atoms with Gasteiger partial charge in [0.05, 0.1) is 16.6 Å². The Morgan fingerprint density at radius 2 is 1.80 bits per heavy atom. The number of amides is 2. The van der Waals surface area contributed by atoms with Crippen LogP contribution in [0.5, 0.6) is 0 Å². The van der Waals surface area contributed by atoms with E-state index in [1.165, 1.54) is 13.4 Å². The number of fused-ring (bicyclic) bond motifs is 1. The average Bonchev–Trinajstić information content (AvgIpc) is 3.65. The second-order valence-electron chi connectivity index (χ2n) is 10.9. The Morgan fingerprint density at radius 3 is 2.43 bits per heavy atom. The van der Waals surface area contributed by atoms with E-state index in [9.17, 15) is 22.8 Å². The summed E-state index contributed by atoms with van der Waals surface area (Å²) in [5.74, 6) is -0.177. The molecule has 0 unspecified atom stereocenters. The van der Waals surface area contributed by atoms with Crippen molar-refractivity contribution in [1.82, 2.24) is 25.8 Å². The molecule has 226 valence electrons. The van der Waals surface area contributed by atoms with Crippen molar-refractivity contribution in [1.29, 1.82) is 0 Å². The summed E-state index contributed by atoms with van der Waals surface area (Å²) < 4.78 is 51.1. The Bertz CT molecular complexity index is 1840. The lowest BCUT2D eigenvalue weighted by molar-refractivity contribution is -0.134. The predicted octanol–water partition coefficient (Wildman–Crippen LogP) is 6.52. The van der Waals surface area contributed by atoms with Gasteiger partial charge in [-0.15, -0.1) is 0 Å². The molecule has 3 aromatic heterocycles. The first-order valence-corrected chi connectivity index (χ1v) is 14.1. The van der Waals surface area contributed by atoms with Crippen molar-refractivity contribution in [3.63, 3.8) is 0 Å². The monoisotopic (exact) mass is 603 g/mol. The fourth-order valence-corrected chi connectivity index (χ4v) is 5.45. The van der Waals surface area contributed by atoms with Crippen LogP contribution in [-0.4, -0.2) is 40.2 Å². The van der Waals surface area contributed by atoms with E-state index in [1.807, 2.05) is 19.1 Å². The molecular formula is C32H28F3N5O4. The molecule has 0 radical (unpaired) electrons. The lowest BCUT2D eigenvalue weighted by Gasteiger charge is -2.39. The maximum Gasteiger partial charge on any atom is 0.389 e. The van der Waals surface area contributed by atoms with E-state index in [-0.39, 0.29) is 22.7 Å². The third kappa shape index (κ3) is 5.54. The topological polar surface area (TPSA) is 123 Å². The summed E-state index contributed by atoms with van der Waals surface area (Å²) in [6, 6.07) is 15.5. The van der Waals surface area contributed by atoms with Gasteiger partial charge in [-0.3, -0.25) is 9.59 Å². The number of nitrogens with one attached hydrogen (secondary N) is 2. The maximum atomic E-state index is 13.4. The normalized spacial score (nSPS) is 14.3. The first-order valence-electron chi connectivity index (χ1n) is 14.1. The summed E-state index contributed by atoms with van der Waals surface area (Å²) in [5, 5.41) is 9.90. The van der Waals surface area contributed by atoms with E-state index in [4.69, 9.17) is 8.94 Å². The van der Waals surface area contributed by atoms with Gasteiger partial charge in [-0.1, -0.05) is 47.1 Å². The minimum atomic E-state index is -4.43. The Labute approximate surface area is 249 Å². The molecule has 0 aliphatic heterocycles. The van der Waals surface area contributed by atoms with Crippen LogP contribution in [0.25, 0.3) is 33.6 Å². The summed E-state index contributed by atoms with van der Waals surface area (Å²) in [6.45, 7) is 1.93. The third-order valence-corrected chi connectivity index (χ3v) is 7.96. The molecule has 5 aromatic rings. The van der Waals surface area contributed by atoms with E-state index >= 15 is 0 Å². The first kappa shape index (κ1) is 29.1. The molecule has 1 aliphatic carbocycles. The maximum absolute atomic E-state index is 13.4. The minimum Gasteiger partial charge on any atom is -0.437 e. The number of carbonyl (C=O) groups excluding carboxylic acids is 2. The van der Waals surface area contributed by atoms with Crippen LogP contribution in [-0.2, 0) is 12.0 Å². The fraction of sp³-hybridized carbons (Fsp3) is 0.281. The molecule has 6 rings (SSSR count). The molecule has 1 fully saturated rings. The van der Waals surface area contributed by atoms with Crippen LogP contribution in [0.15, 0.2) is 69.9 Å². The van der Waals surface area contributed by atoms with Crippen LogP contribution >= 0.6 is 0 Å². The zero-order valence-corrected chi connectivity index (χ0v) is 23.9. The van der Waals surface area contributed by atoms with E-state index in [0.29, 0.717) is 46.3 Å². The Hall–Kier alpha value is -5.00. The summed E-state index contributed by atoms with van der Waals surface area (Å²) in [7, 11) is 1.48. The van der Waals surface area contributed by atoms with E-state index < -0.39 is 36.4 Å². The Kier molecular flexibility index (Phi) is 7.44. The highest BCUT2D eigenvalue weighted by Gasteiger charge is 2.44. The van der Waals surface area contributed by atoms with Gasteiger partial charge in [0.1, 0.15) is 11.3 Å². The molecule has 0 spiro atoms. The molecule has 3 heterocycles. The number of benzene rings is 2. The molecule has 0 bridgehead atoms. The standard InChI is InChI=1S/C32H28F3N5O4/c1-18-7-9-19(10-8-18)26-25(28(42)36-2)23-16-22(24(38-29(23)44-26)11-14-32(33,34)35)20-5-3-6-21(15-20)27(41)39-31(12-4-13-31)30-37-17-43-40-30/h3,5-10,15-17H,4,11-14H2,1-2H3,(H,36,42)(H,39,41). The van der Waals surface area contributed by atoms with Crippen LogP contribution < -0.4 is 10.6 Å². The van der Waals surface area contributed by atoms with Crippen molar-refractivity contribution < 1.29 is 31.7 Å². The highest BCUT2D eigenvalue weighted by Crippen LogP contribution is 2.40. The molecule has 44 heavy (non-hydrogen) atoms. The van der Waals surface area contributed by atoms with Gasteiger partial charge in [0.2, 0.25) is 12.1 Å². The molecular weight excluding hydrogens is 575 g/mol. The van der Waals surface area contributed by atoms with Crippen LogP contribution in [0.2, 0.25) is 0 Å². The van der Waals surface area contributed by atoms with Crippen LogP contribution in [0.1, 0.15) is 63.5 Å². The summed E-state index contributed by atoms with van der Waals surface area (Å²) >= 11 is 0. The quantitative estimate of drug-likeness (QED) is 0.207. The second-order valence-corrected chi connectivity index (χ2v) is 10.9. The molecule has 0 atom stereocenters. The van der Waals surface area contributed by atoms with Crippen LogP contribution in [0.4, 0.5) is 13.2 Å². The zero-order valence-electron chi connectivity index (χ0n) is 23.9. The number of nitrogens with zero attached hydrogens (tertiary/aromatic N) is 3. The van der Waals surface area contributed by atoms with Gasteiger partial charge in [-0.05, 0) is 56.4 Å². The number of aryl methyl sites for hydroxylation is 2. The van der Waals surface area contributed by atoms with Gasteiger partial charge >= 0.3 is 6.18 Å². The summed E-state index contributed by atoms with van der Waals surface area (Å²) in [5.41, 5.74) is 2.37. The second kappa shape index (κ2) is 11.3. The highest BCUT2D eigenvalue weighted by molar-refractivity contribution is 6.11. The molecule has 1 aliphatic rings. The van der Waals surface area contributed by atoms with E-state index in [1.54, 1.807) is 42.5 Å². The highest BCUT2D eigenvalue weighted by atomic mass is 19.4. The summed E-state index contributed by atoms with van der Waals surface area (Å²) in [6.07, 6.45) is -2.58. The number of alkyl halides is 3. The number of rotatable bonds is 8. The number of furan rings is 1. The minimum absolute atomic E-state index is 0.0426. The molecule has 9 nitrogen and oxygen atoms in total. The number of aromatic nitrogens is 3. The molecule has 1 saturated carbocycles. The summed E-state index contributed by atoms with van der Waals surface area (Å²) in [4.78, 5) is 35.2. The van der Waals surface area contributed by atoms with E-state index in [2.05, 4.69) is 25.8 Å². The van der Waals surface area contributed by atoms with E-state index in [0.717, 1.165) is 12.0 Å². The van der Waals surface area contributed by atoms with Crippen molar-refractivity contribution in [3.05, 3.63) is 89.2 Å². The molecule has 0 saturated heterocycles. The van der Waals surface area contributed by atoms with Gasteiger partial charge in [0, 0.05) is 30.2 Å². The molecule has 12 heteroatoms. The fourth-order valence-electron chi connectivity index (χ4n) is 5.45. The molecule has 2 aromatic carbocycles. The van der Waals surface area contributed by atoms with Gasteiger partial charge in [0.15, 0.2) is 5.82 Å². The Balaban J connectivity index is 1.45. The molecule has 2 N–H and O–H groups in total. The number of hydrogen-bond donors (Lipinski definition) is 2. The predicted molar refractivity (Wildman–Crippen MR) is 155 cm³/mol.